The highest BCUT2D eigenvalue weighted by molar-refractivity contribution is 9.10. The molecule has 3 nitrogen and oxygen atoms in total. The molecule has 1 aliphatic heterocycles. The first-order valence-corrected chi connectivity index (χ1v) is 6.71. The number of halogens is 1. The van der Waals surface area contributed by atoms with Crippen LogP contribution in [0.4, 0.5) is 0 Å². The molecular formula is C13H18BrNO2. The lowest BCUT2D eigenvalue weighted by molar-refractivity contribution is 0.368. The van der Waals surface area contributed by atoms with Crippen molar-refractivity contribution in [1.29, 1.82) is 0 Å². The Morgan fingerprint density at radius 1 is 1.59 bits per heavy atom. The number of benzene rings is 1. The highest BCUT2D eigenvalue weighted by Crippen LogP contribution is 2.38. The first kappa shape index (κ1) is 12.7. The molecule has 0 spiro atoms. The molecule has 1 heterocycles. The molecule has 1 atom stereocenters. The number of phenols is 1. The van der Waals surface area contributed by atoms with E-state index in [1.54, 1.807) is 7.11 Å². The molecule has 1 fully saturated rings. The summed E-state index contributed by atoms with van der Waals surface area (Å²) in [6.07, 6.45) is 3.25. The fraction of sp³-hybridized carbons (Fsp3) is 0.538. The second kappa shape index (κ2) is 5.27. The van der Waals surface area contributed by atoms with Crippen LogP contribution in [0.1, 0.15) is 24.0 Å². The monoisotopic (exact) mass is 299 g/mol. The van der Waals surface area contributed by atoms with Gasteiger partial charge in [0.1, 0.15) is 0 Å². The number of methoxy groups -OCH3 is 1. The molecule has 0 amide bonds. The van der Waals surface area contributed by atoms with Crippen LogP contribution in [-0.2, 0) is 6.42 Å². The Labute approximate surface area is 110 Å². The van der Waals surface area contributed by atoms with Crippen molar-refractivity contribution in [2.75, 3.05) is 13.7 Å². The molecule has 1 aromatic rings. The Balaban J connectivity index is 2.33. The van der Waals surface area contributed by atoms with Crippen LogP contribution in [0.25, 0.3) is 0 Å². The van der Waals surface area contributed by atoms with Crippen molar-refractivity contribution in [2.45, 2.75) is 32.2 Å². The number of hydrogen-bond donors (Lipinski definition) is 2. The average molecular weight is 300 g/mol. The fourth-order valence-corrected chi connectivity index (χ4v) is 2.79. The number of nitrogens with one attached hydrogen (secondary N) is 1. The van der Waals surface area contributed by atoms with Crippen LogP contribution in [0.15, 0.2) is 10.5 Å². The van der Waals surface area contributed by atoms with Crippen LogP contribution in [-0.4, -0.2) is 24.8 Å². The Kier molecular flexibility index (Phi) is 3.94. The Hall–Kier alpha value is -0.740. The van der Waals surface area contributed by atoms with E-state index in [2.05, 4.69) is 21.2 Å². The normalized spacial score (nSPS) is 19.6. The summed E-state index contributed by atoms with van der Waals surface area (Å²) < 4.78 is 6.17. The van der Waals surface area contributed by atoms with E-state index in [9.17, 15) is 5.11 Å². The molecule has 94 valence electrons. The Bertz CT molecular complexity index is 414. The summed E-state index contributed by atoms with van der Waals surface area (Å²) in [6.45, 7) is 3.10. The standard InChI is InChI=1S/C13H18BrNO2/c1-8-10(6-9-4-3-5-15-9)13(16)12(17-2)7-11(8)14/h7,9,15-16H,3-6H2,1-2H3. The van der Waals surface area contributed by atoms with E-state index in [0.29, 0.717) is 11.8 Å². The van der Waals surface area contributed by atoms with Gasteiger partial charge >= 0.3 is 0 Å². The highest BCUT2D eigenvalue weighted by atomic mass is 79.9. The molecule has 2 rings (SSSR count). The van der Waals surface area contributed by atoms with Crippen molar-refractivity contribution in [3.05, 3.63) is 21.7 Å². The van der Waals surface area contributed by atoms with E-state index in [0.717, 1.165) is 28.6 Å². The lowest BCUT2D eigenvalue weighted by atomic mass is 9.98. The maximum atomic E-state index is 10.2. The molecule has 2 N–H and O–H groups in total. The maximum absolute atomic E-state index is 10.2. The third kappa shape index (κ3) is 2.58. The van der Waals surface area contributed by atoms with Crippen LogP contribution < -0.4 is 10.1 Å². The summed E-state index contributed by atoms with van der Waals surface area (Å²) in [7, 11) is 1.58. The largest absolute Gasteiger partial charge is 0.504 e. The molecule has 0 saturated carbocycles. The van der Waals surface area contributed by atoms with E-state index >= 15 is 0 Å². The topological polar surface area (TPSA) is 41.5 Å². The molecular weight excluding hydrogens is 282 g/mol. The zero-order valence-corrected chi connectivity index (χ0v) is 11.8. The maximum Gasteiger partial charge on any atom is 0.161 e. The minimum Gasteiger partial charge on any atom is -0.504 e. The SMILES string of the molecule is COc1cc(Br)c(C)c(CC2CCCN2)c1O. The summed E-state index contributed by atoms with van der Waals surface area (Å²) in [6, 6.07) is 2.29. The predicted molar refractivity (Wildman–Crippen MR) is 71.8 cm³/mol. The average Bonchev–Trinajstić information content (AvgIpc) is 2.82. The van der Waals surface area contributed by atoms with Crippen LogP contribution >= 0.6 is 15.9 Å². The fourth-order valence-electron chi connectivity index (χ4n) is 2.34. The molecule has 0 bridgehead atoms. The minimum atomic E-state index is 0.280. The van der Waals surface area contributed by atoms with Gasteiger partial charge in [0.05, 0.1) is 7.11 Å². The van der Waals surface area contributed by atoms with Gasteiger partial charge in [0.15, 0.2) is 11.5 Å². The third-order valence-electron chi connectivity index (χ3n) is 3.42. The van der Waals surface area contributed by atoms with Crippen molar-refractivity contribution in [1.82, 2.24) is 5.32 Å². The van der Waals surface area contributed by atoms with Crippen LogP contribution in [0.3, 0.4) is 0 Å². The second-order valence-corrected chi connectivity index (χ2v) is 5.36. The van der Waals surface area contributed by atoms with Crippen molar-refractivity contribution in [3.8, 4) is 11.5 Å². The zero-order chi connectivity index (χ0) is 12.4. The van der Waals surface area contributed by atoms with E-state index in [1.165, 1.54) is 12.8 Å². The molecule has 4 heteroatoms. The van der Waals surface area contributed by atoms with Gasteiger partial charge in [0.2, 0.25) is 0 Å². The van der Waals surface area contributed by atoms with Gasteiger partial charge in [-0.25, -0.2) is 0 Å². The highest BCUT2D eigenvalue weighted by Gasteiger charge is 2.20. The van der Waals surface area contributed by atoms with Crippen molar-refractivity contribution in [3.63, 3.8) is 0 Å². The van der Waals surface area contributed by atoms with Crippen LogP contribution in [0, 0.1) is 6.92 Å². The Morgan fingerprint density at radius 3 is 2.94 bits per heavy atom. The van der Waals surface area contributed by atoms with Crippen LogP contribution in [0.5, 0.6) is 11.5 Å². The lowest BCUT2D eigenvalue weighted by Crippen LogP contribution is -2.24. The van der Waals surface area contributed by atoms with Gasteiger partial charge in [-0.2, -0.15) is 0 Å². The third-order valence-corrected chi connectivity index (χ3v) is 4.24. The summed E-state index contributed by atoms with van der Waals surface area (Å²) in [4.78, 5) is 0. The van der Waals surface area contributed by atoms with E-state index in [1.807, 2.05) is 13.0 Å². The van der Waals surface area contributed by atoms with Gasteiger partial charge in [0.25, 0.3) is 0 Å². The molecule has 17 heavy (non-hydrogen) atoms. The molecule has 0 radical (unpaired) electrons. The molecule has 1 aromatic carbocycles. The van der Waals surface area contributed by atoms with E-state index in [-0.39, 0.29) is 5.75 Å². The van der Waals surface area contributed by atoms with Gasteiger partial charge in [-0.1, -0.05) is 15.9 Å². The number of rotatable bonds is 3. The number of hydrogen-bond acceptors (Lipinski definition) is 3. The first-order valence-electron chi connectivity index (χ1n) is 5.91. The second-order valence-electron chi connectivity index (χ2n) is 4.51. The number of phenolic OH excluding ortho intramolecular Hbond substituents is 1. The molecule has 1 saturated heterocycles. The predicted octanol–water partition coefficient (Wildman–Crippen LogP) is 2.77. The van der Waals surface area contributed by atoms with Gasteiger partial charge in [-0.3, -0.25) is 0 Å². The summed E-state index contributed by atoms with van der Waals surface area (Å²) in [5.74, 6) is 0.817. The van der Waals surface area contributed by atoms with Crippen molar-refractivity contribution in [2.24, 2.45) is 0 Å². The van der Waals surface area contributed by atoms with Gasteiger partial charge in [-0.05, 0) is 44.4 Å². The number of ether oxygens (including phenoxy) is 1. The quantitative estimate of drug-likeness (QED) is 0.902. The smallest absolute Gasteiger partial charge is 0.161 e. The lowest BCUT2D eigenvalue weighted by Gasteiger charge is -2.17. The minimum absolute atomic E-state index is 0.280. The molecule has 0 aromatic heterocycles. The number of aromatic hydroxyl groups is 1. The molecule has 0 aliphatic carbocycles. The van der Waals surface area contributed by atoms with E-state index < -0.39 is 0 Å². The van der Waals surface area contributed by atoms with Crippen molar-refractivity contribution < 1.29 is 9.84 Å². The van der Waals surface area contributed by atoms with Crippen molar-refractivity contribution >= 4 is 15.9 Å². The Morgan fingerprint density at radius 2 is 2.35 bits per heavy atom. The van der Waals surface area contributed by atoms with Crippen LogP contribution in [0.2, 0.25) is 0 Å². The van der Waals surface area contributed by atoms with E-state index in [4.69, 9.17) is 4.74 Å². The summed E-state index contributed by atoms with van der Waals surface area (Å²) in [5, 5.41) is 13.6. The first-order chi connectivity index (χ1) is 8.13. The summed E-state index contributed by atoms with van der Waals surface area (Å²) in [5.41, 5.74) is 2.08. The molecule has 1 unspecified atom stereocenters. The molecule has 1 aliphatic rings. The van der Waals surface area contributed by atoms with Gasteiger partial charge in [-0.15, -0.1) is 0 Å². The summed E-state index contributed by atoms with van der Waals surface area (Å²) >= 11 is 3.51. The van der Waals surface area contributed by atoms with Gasteiger partial charge in [0, 0.05) is 16.1 Å². The zero-order valence-electron chi connectivity index (χ0n) is 10.2. The van der Waals surface area contributed by atoms with Gasteiger partial charge < -0.3 is 15.2 Å².